The molecule has 0 aliphatic heterocycles. The minimum Gasteiger partial charge on any atom is -0.484 e. The van der Waals surface area contributed by atoms with Crippen LogP contribution < -0.4 is 4.74 Å². The van der Waals surface area contributed by atoms with Crippen molar-refractivity contribution in [3.63, 3.8) is 0 Å². The van der Waals surface area contributed by atoms with E-state index in [4.69, 9.17) is 10.00 Å². The van der Waals surface area contributed by atoms with Crippen molar-refractivity contribution in [2.75, 3.05) is 0 Å². The molecule has 0 bridgehead atoms. The fraction of sp³-hybridized carbons (Fsp3) is 0.182. The Morgan fingerprint density at radius 2 is 2.25 bits per heavy atom. The van der Waals surface area contributed by atoms with Gasteiger partial charge in [0.15, 0.2) is 5.82 Å². The number of nitriles is 1. The first kappa shape index (κ1) is 10.6. The van der Waals surface area contributed by atoms with Crippen molar-refractivity contribution >= 4 is 11.5 Å². The maximum atomic E-state index is 8.86. The number of nitrogens with zero attached hydrogens (tertiary/aromatic N) is 3. The summed E-state index contributed by atoms with van der Waals surface area (Å²) in [7, 11) is 0. The molecule has 1 heterocycles. The molecule has 2 rings (SSSR count). The highest BCUT2D eigenvalue weighted by atomic mass is 32.1. The van der Waals surface area contributed by atoms with Crippen LogP contribution >= 0.6 is 11.5 Å². The average Bonchev–Trinajstić information content (AvgIpc) is 2.73. The van der Waals surface area contributed by atoms with E-state index in [1.54, 1.807) is 18.2 Å². The zero-order chi connectivity index (χ0) is 11.4. The molecule has 80 valence electrons. The summed E-state index contributed by atoms with van der Waals surface area (Å²) < 4.78 is 9.60. The number of aromatic nitrogens is 2. The summed E-state index contributed by atoms with van der Waals surface area (Å²) in [6.07, 6.45) is 0. The molecule has 0 aliphatic carbocycles. The van der Waals surface area contributed by atoms with Crippen LogP contribution in [0.4, 0.5) is 0 Å². The van der Waals surface area contributed by atoms with Crippen LogP contribution in [0.15, 0.2) is 24.3 Å². The Morgan fingerprint density at radius 1 is 1.44 bits per heavy atom. The van der Waals surface area contributed by atoms with Crippen LogP contribution in [0.25, 0.3) is 0 Å². The standard InChI is InChI=1S/C11H9N3OS/c1-8-13-11(14-16-8)7-15-10-5-3-2-4-9(10)6-12/h2-5H,7H2,1H3. The molecule has 0 fully saturated rings. The van der Waals surface area contributed by atoms with E-state index in [9.17, 15) is 0 Å². The van der Waals surface area contributed by atoms with Gasteiger partial charge in [-0.2, -0.15) is 9.64 Å². The van der Waals surface area contributed by atoms with Crippen LogP contribution in [0.5, 0.6) is 5.75 Å². The van der Waals surface area contributed by atoms with E-state index in [0.29, 0.717) is 23.7 Å². The molecule has 0 N–H and O–H groups in total. The van der Waals surface area contributed by atoms with E-state index >= 15 is 0 Å². The Balaban J connectivity index is 2.08. The van der Waals surface area contributed by atoms with Gasteiger partial charge < -0.3 is 4.74 Å². The average molecular weight is 231 g/mol. The van der Waals surface area contributed by atoms with Gasteiger partial charge in [0.1, 0.15) is 23.4 Å². The Bertz CT molecular complexity index is 530. The summed E-state index contributed by atoms with van der Waals surface area (Å²) in [5.41, 5.74) is 0.523. The third kappa shape index (κ3) is 2.35. The van der Waals surface area contributed by atoms with Crippen molar-refractivity contribution in [3.8, 4) is 11.8 Å². The Kier molecular flexibility index (Phi) is 3.13. The van der Waals surface area contributed by atoms with Crippen LogP contribution in [-0.4, -0.2) is 9.36 Å². The van der Waals surface area contributed by atoms with E-state index in [-0.39, 0.29) is 0 Å². The molecular weight excluding hydrogens is 222 g/mol. The Labute approximate surface area is 97.3 Å². The lowest BCUT2D eigenvalue weighted by Crippen LogP contribution is -1.98. The minimum atomic E-state index is 0.295. The van der Waals surface area contributed by atoms with Crippen LogP contribution in [0, 0.1) is 18.3 Å². The molecule has 0 atom stereocenters. The summed E-state index contributed by atoms with van der Waals surface area (Å²) in [5, 5.41) is 9.77. The van der Waals surface area contributed by atoms with Gasteiger partial charge in [-0.15, -0.1) is 0 Å². The highest BCUT2D eigenvalue weighted by Crippen LogP contribution is 2.17. The topological polar surface area (TPSA) is 58.8 Å². The van der Waals surface area contributed by atoms with E-state index in [1.807, 2.05) is 13.0 Å². The van der Waals surface area contributed by atoms with Crippen molar-refractivity contribution in [1.82, 2.24) is 9.36 Å². The molecular formula is C11H9N3OS. The summed E-state index contributed by atoms with van der Waals surface area (Å²) in [6.45, 7) is 2.19. The first-order chi connectivity index (χ1) is 7.79. The van der Waals surface area contributed by atoms with Crippen LogP contribution in [0.2, 0.25) is 0 Å². The van der Waals surface area contributed by atoms with Crippen LogP contribution in [-0.2, 0) is 6.61 Å². The van der Waals surface area contributed by atoms with Crippen molar-refractivity contribution in [1.29, 1.82) is 5.26 Å². The third-order valence-electron chi connectivity index (χ3n) is 1.93. The predicted molar refractivity (Wildman–Crippen MR) is 60.1 cm³/mol. The highest BCUT2D eigenvalue weighted by molar-refractivity contribution is 7.05. The molecule has 0 aliphatic rings. The molecule has 0 amide bonds. The second-order valence-electron chi connectivity index (χ2n) is 3.13. The fourth-order valence-electron chi connectivity index (χ4n) is 1.23. The van der Waals surface area contributed by atoms with E-state index in [2.05, 4.69) is 15.4 Å². The van der Waals surface area contributed by atoms with Gasteiger partial charge >= 0.3 is 0 Å². The molecule has 0 saturated heterocycles. The Morgan fingerprint density at radius 3 is 2.94 bits per heavy atom. The molecule has 1 aromatic heterocycles. The maximum Gasteiger partial charge on any atom is 0.180 e. The van der Waals surface area contributed by atoms with Gasteiger partial charge in [-0.05, 0) is 30.6 Å². The van der Waals surface area contributed by atoms with Crippen molar-refractivity contribution < 1.29 is 4.74 Å². The minimum absolute atomic E-state index is 0.295. The molecule has 0 unspecified atom stereocenters. The largest absolute Gasteiger partial charge is 0.484 e. The zero-order valence-electron chi connectivity index (χ0n) is 8.67. The SMILES string of the molecule is Cc1nc(COc2ccccc2C#N)ns1. The Hall–Kier alpha value is -1.93. The third-order valence-corrected chi connectivity index (χ3v) is 2.59. The normalized spacial score (nSPS) is 9.75. The number of benzene rings is 1. The second-order valence-corrected chi connectivity index (χ2v) is 4.08. The summed E-state index contributed by atoms with van der Waals surface area (Å²) >= 11 is 1.34. The van der Waals surface area contributed by atoms with Gasteiger partial charge in [0.2, 0.25) is 0 Å². The zero-order valence-corrected chi connectivity index (χ0v) is 9.49. The number of hydrogen-bond acceptors (Lipinski definition) is 5. The monoisotopic (exact) mass is 231 g/mol. The number of hydrogen-bond donors (Lipinski definition) is 0. The molecule has 0 radical (unpaired) electrons. The number of rotatable bonds is 3. The first-order valence-electron chi connectivity index (χ1n) is 4.70. The summed E-state index contributed by atoms with van der Waals surface area (Å²) in [4.78, 5) is 4.18. The van der Waals surface area contributed by atoms with Crippen molar-refractivity contribution in [3.05, 3.63) is 40.7 Å². The summed E-state index contributed by atoms with van der Waals surface area (Å²) in [5.74, 6) is 1.22. The maximum absolute atomic E-state index is 8.86. The van der Waals surface area contributed by atoms with Gasteiger partial charge in [-0.25, -0.2) is 4.98 Å². The van der Waals surface area contributed by atoms with Gasteiger partial charge in [-0.1, -0.05) is 12.1 Å². The lowest BCUT2D eigenvalue weighted by Gasteiger charge is -2.04. The fourth-order valence-corrected chi connectivity index (χ4v) is 1.70. The van der Waals surface area contributed by atoms with E-state index < -0.39 is 0 Å². The van der Waals surface area contributed by atoms with Crippen LogP contribution in [0.1, 0.15) is 16.4 Å². The molecule has 4 nitrogen and oxygen atoms in total. The van der Waals surface area contributed by atoms with Gasteiger partial charge in [0.25, 0.3) is 0 Å². The summed E-state index contributed by atoms with van der Waals surface area (Å²) in [6, 6.07) is 9.18. The molecule has 5 heteroatoms. The lowest BCUT2D eigenvalue weighted by atomic mass is 10.2. The van der Waals surface area contributed by atoms with Gasteiger partial charge in [0, 0.05) is 0 Å². The number of ether oxygens (including phenoxy) is 1. The number of aryl methyl sites for hydroxylation is 1. The van der Waals surface area contributed by atoms with Crippen molar-refractivity contribution in [2.45, 2.75) is 13.5 Å². The second kappa shape index (κ2) is 4.73. The molecule has 2 aromatic rings. The van der Waals surface area contributed by atoms with Gasteiger partial charge in [0.05, 0.1) is 5.56 Å². The van der Waals surface area contributed by atoms with Crippen LogP contribution in [0.3, 0.4) is 0 Å². The molecule has 16 heavy (non-hydrogen) atoms. The lowest BCUT2D eigenvalue weighted by molar-refractivity contribution is 0.296. The number of para-hydroxylation sites is 1. The van der Waals surface area contributed by atoms with Gasteiger partial charge in [-0.3, -0.25) is 0 Å². The predicted octanol–water partition coefficient (Wildman–Crippen LogP) is 2.30. The quantitative estimate of drug-likeness (QED) is 0.813. The highest BCUT2D eigenvalue weighted by Gasteiger charge is 2.04. The molecule has 0 saturated carbocycles. The molecule has 1 aromatic carbocycles. The smallest absolute Gasteiger partial charge is 0.180 e. The van der Waals surface area contributed by atoms with E-state index in [0.717, 1.165) is 5.01 Å². The molecule has 0 spiro atoms. The van der Waals surface area contributed by atoms with E-state index in [1.165, 1.54) is 11.5 Å². The first-order valence-corrected chi connectivity index (χ1v) is 5.48. The van der Waals surface area contributed by atoms with Crippen molar-refractivity contribution in [2.24, 2.45) is 0 Å².